The lowest BCUT2D eigenvalue weighted by atomic mass is 9.87. The zero-order valence-corrected chi connectivity index (χ0v) is 15.5. The summed E-state index contributed by atoms with van der Waals surface area (Å²) in [5.41, 5.74) is -0.509. The summed E-state index contributed by atoms with van der Waals surface area (Å²) in [6.07, 6.45) is 1.60. The Morgan fingerprint density at radius 1 is 1.35 bits per heavy atom. The van der Waals surface area contributed by atoms with Gasteiger partial charge in [0.1, 0.15) is 5.60 Å². The summed E-state index contributed by atoms with van der Waals surface area (Å²) in [5, 5.41) is 13.0. The van der Waals surface area contributed by atoms with Gasteiger partial charge in [-0.1, -0.05) is 0 Å². The molecule has 0 heterocycles. The topological polar surface area (TPSA) is 71.0 Å². The van der Waals surface area contributed by atoms with Crippen molar-refractivity contribution in [3.8, 4) is 0 Å². The molecular formula is C17H34N2O4. The van der Waals surface area contributed by atoms with E-state index in [9.17, 15) is 9.90 Å². The first-order valence-electron chi connectivity index (χ1n) is 8.58. The molecule has 0 aliphatic heterocycles. The van der Waals surface area contributed by atoms with Crippen LogP contribution in [-0.4, -0.2) is 66.2 Å². The van der Waals surface area contributed by atoms with E-state index in [1.165, 1.54) is 0 Å². The van der Waals surface area contributed by atoms with Crippen molar-refractivity contribution >= 4 is 6.09 Å². The molecule has 136 valence electrons. The Balaban J connectivity index is 2.58. The van der Waals surface area contributed by atoms with Crippen molar-refractivity contribution in [3.63, 3.8) is 0 Å². The van der Waals surface area contributed by atoms with Gasteiger partial charge in [0.25, 0.3) is 0 Å². The standard InChI is InChI=1S/C17H34N2O4/c1-12(2)22-10-9-19(6)15-11-13(20)7-8-14(15)18-16(21)23-17(3,4)5/h12-15,20H,7-11H2,1-6H3,(H,18,21). The molecule has 1 aliphatic carbocycles. The van der Waals surface area contributed by atoms with Gasteiger partial charge in [0.15, 0.2) is 0 Å². The van der Waals surface area contributed by atoms with E-state index in [0.29, 0.717) is 19.4 Å². The number of hydrogen-bond acceptors (Lipinski definition) is 5. The van der Waals surface area contributed by atoms with Crippen molar-refractivity contribution in [2.24, 2.45) is 0 Å². The number of likely N-dealkylation sites (N-methyl/N-ethyl adjacent to an activating group) is 1. The largest absolute Gasteiger partial charge is 0.444 e. The van der Waals surface area contributed by atoms with Gasteiger partial charge in [0.05, 0.1) is 18.8 Å². The second-order valence-electron chi connectivity index (χ2n) is 7.69. The van der Waals surface area contributed by atoms with Gasteiger partial charge < -0.3 is 19.9 Å². The predicted molar refractivity (Wildman–Crippen MR) is 90.5 cm³/mol. The summed E-state index contributed by atoms with van der Waals surface area (Å²) in [5.74, 6) is 0. The number of rotatable bonds is 6. The maximum Gasteiger partial charge on any atom is 0.407 e. The highest BCUT2D eigenvalue weighted by molar-refractivity contribution is 5.68. The molecule has 0 spiro atoms. The van der Waals surface area contributed by atoms with Gasteiger partial charge in [-0.15, -0.1) is 0 Å². The van der Waals surface area contributed by atoms with Crippen molar-refractivity contribution < 1.29 is 19.4 Å². The summed E-state index contributed by atoms with van der Waals surface area (Å²) in [6.45, 7) is 11.0. The lowest BCUT2D eigenvalue weighted by Crippen LogP contribution is -2.55. The van der Waals surface area contributed by atoms with Crippen LogP contribution in [0.2, 0.25) is 0 Å². The van der Waals surface area contributed by atoms with Crippen molar-refractivity contribution in [1.29, 1.82) is 0 Å². The minimum absolute atomic E-state index is 0.0164. The van der Waals surface area contributed by atoms with Crippen LogP contribution in [0.15, 0.2) is 0 Å². The van der Waals surface area contributed by atoms with Crippen LogP contribution in [0.5, 0.6) is 0 Å². The van der Waals surface area contributed by atoms with Crippen LogP contribution in [0.25, 0.3) is 0 Å². The molecule has 1 saturated carbocycles. The minimum Gasteiger partial charge on any atom is -0.444 e. The number of aliphatic hydroxyl groups excluding tert-OH is 1. The molecule has 1 aliphatic rings. The van der Waals surface area contributed by atoms with Crippen molar-refractivity contribution in [3.05, 3.63) is 0 Å². The van der Waals surface area contributed by atoms with Crippen LogP contribution in [0.3, 0.4) is 0 Å². The minimum atomic E-state index is -0.509. The van der Waals surface area contributed by atoms with Gasteiger partial charge >= 0.3 is 6.09 Å². The summed E-state index contributed by atoms with van der Waals surface area (Å²) in [6, 6.07) is 0.0688. The first kappa shape index (κ1) is 20.2. The van der Waals surface area contributed by atoms with E-state index in [1.54, 1.807) is 0 Å². The monoisotopic (exact) mass is 330 g/mol. The maximum atomic E-state index is 12.0. The Morgan fingerprint density at radius 3 is 2.57 bits per heavy atom. The van der Waals surface area contributed by atoms with Crippen molar-refractivity contribution in [2.45, 2.75) is 83.8 Å². The Hall–Kier alpha value is -0.850. The summed E-state index contributed by atoms with van der Waals surface area (Å²) in [4.78, 5) is 14.2. The highest BCUT2D eigenvalue weighted by atomic mass is 16.6. The third-order valence-corrected chi connectivity index (χ3v) is 3.95. The van der Waals surface area contributed by atoms with Crippen molar-refractivity contribution in [2.75, 3.05) is 20.2 Å². The summed E-state index contributed by atoms with van der Waals surface area (Å²) < 4.78 is 10.9. The predicted octanol–water partition coefficient (Wildman–Crippen LogP) is 2.15. The molecular weight excluding hydrogens is 296 g/mol. The highest BCUT2D eigenvalue weighted by Gasteiger charge is 2.34. The highest BCUT2D eigenvalue weighted by Crippen LogP contribution is 2.23. The van der Waals surface area contributed by atoms with Gasteiger partial charge in [0.2, 0.25) is 0 Å². The third kappa shape index (κ3) is 7.99. The average molecular weight is 330 g/mol. The molecule has 2 N–H and O–H groups in total. The van der Waals surface area contributed by atoms with Crippen LogP contribution in [0.1, 0.15) is 53.9 Å². The second-order valence-corrected chi connectivity index (χ2v) is 7.69. The fourth-order valence-electron chi connectivity index (χ4n) is 2.84. The Labute approximate surface area is 140 Å². The lowest BCUT2D eigenvalue weighted by Gasteiger charge is -2.40. The molecule has 0 bridgehead atoms. The van der Waals surface area contributed by atoms with Crippen LogP contribution in [0.4, 0.5) is 4.79 Å². The molecule has 0 aromatic rings. The van der Waals surface area contributed by atoms with Gasteiger partial charge in [-0.3, -0.25) is 4.90 Å². The Bertz CT molecular complexity index is 368. The van der Waals surface area contributed by atoms with Crippen LogP contribution >= 0.6 is 0 Å². The van der Waals surface area contributed by atoms with E-state index in [4.69, 9.17) is 9.47 Å². The third-order valence-electron chi connectivity index (χ3n) is 3.95. The smallest absolute Gasteiger partial charge is 0.407 e. The number of alkyl carbamates (subject to hydrolysis) is 1. The molecule has 0 aromatic carbocycles. The first-order chi connectivity index (χ1) is 10.6. The molecule has 1 fully saturated rings. The summed E-state index contributed by atoms with van der Waals surface area (Å²) in [7, 11) is 2.01. The molecule has 0 aromatic heterocycles. The maximum absolute atomic E-state index is 12.0. The number of ether oxygens (including phenoxy) is 2. The van der Waals surface area contributed by atoms with Crippen LogP contribution < -0.4 is 5.32 Å². The number of carbonyl (C=O) groups excluding carboxylic acids is 1. The SMILES string of the molecule is CC(C)OCCN(C)C1CC(O)CCC1NC(=O)OC(C)(C)C. The molecule has 0 radical (unpaired) electrons. The van der Waals surface area contributed by atoms with Gasteiger partial charge in [0, 0.05) is 18.6 Å². The molecule has 6 nitrogen and oxygen atoms in total. The first-order valence-corrected chi connectivity index (χ1v) is 8.58. The normalized spacial score (nSPS) is 25.7. The molecule has 1 amide bonds. The van der Waals surface area contributed by atoms with E-state index in [2.05, 4.69) is 10.2 Å². The lowest BCUT2D eigenvalue weighted by molar-refractivity contribution is 0.0139. The van der Waals surface area contributed by atoms with Gasteiger partial charge in [-0.25, -0.2) is 4.79 Å². The van der Waals surface area contributed by atoms with E-state index < -0.39 is 11.7 Å². The molecule has 6 heteroatoms. The Kier molecular flexibility index (Phi) is 7.77. The molecule has 1 rings (SSSR count). The quantitative estimate of drug-likeness (QED) is 0.781. The number of nitrogens with zero attached hydrogens (tertiary/aromatic N) is 1. The number of hydrogen-bond donors (Lipinski definition) is 2. The van der Waals surface area contributed by atoms with E-state index in [-0.39, 0.29) is 24.3 Å². The number of amides is 1. The zero-order valence-electron chi connectivity index (χ0n) is 15.5. The average Bonchev–Trinajstić information content (AvgIpc) is 2.38. The van der Waals surface area contributed by atoms with E-state index in [1.807, 2.05) is 41.7 Å². The van der Waals surface area contributed by atoms with Crippen LogP contribution in [0, 0.1) is 0 Å². The number of aliphatic hydroxyl groups is 1. The van der Waals surface area contributed by atoms with E-state index in [0.717, 1.165) is 13.0 Å². The fraction of sp³-hybridized carbons (Fsp3) is 0.941. The molecule has 3 atom stereocenters. The Morgan fingerprint density at radius 2 is 2.00 bits per heavy atom. The zero-order chi connectivity index (χ0) is 17.6. The van der Waals surface area contributed by atoms with Gasteiger partial charge in [-0.05, 0) is 60.9 Å². The molecule has 0 saturated heterocycles. The van der Waals surface area contributed by atoms with Crippen molar-refractivity contribution in [1.82, 2.24) is 10.2 Å². The summed E-state index contributed by atoms with van der Waals surface area (Å²) >= 11 is 0. The number of carbonyl (C=O) groups is 1. The van der Waals surface area contributed by atoms with E-state index >= 15 is 0 Å². The van der Waals surface area contributed by atoms with Gasteiger partial charge in [-0.2, -0.15) is 0 Å². The second kappa shape index (κ2) is 8.85. The fourth-order valence-corrected chi connectivity index (χ4v) is 2.84. The molecule has 3 unspecified atom stereocenters. The van der Waals surface area contributed by atoms with Crippen LogP contribution in [-0.2, 0) is 9.47 Å². The molecule has 23 heavy (non-hydrogen) atoms. The number of nitrogens with one attached hydrogen (secondary N) is 1.